The Morgan fingerprint density at radius 3 is 2.08 bits per heavy atom. The summed E-state index contributed by atoms with van der Waals surface area (Å²) in [6, 6.07) is 12.5. The van der Waals surface area contributed by atoms with Gasteiger partial charge in [-0.1, -0.05) is 30.3 Å². The number of halogens is 3. The third kappa shape index (κ3) is 5.16. The van der Waals surface area contributed by atoms with E-state index >= 15 is 0 Å². The van der Waals surface area contributed by atoms with Crippen molar-refractivity contribution in [3.05, 3.63) is 59.7 Å². The van der Waals surface area contributed by atoms with Crippen LogP contribution in [0.5, 0.6) is 0 Å². The lowest BCUT2D eigenvalue weighted by molar-refractivity contribution is -0.137. The van der Waals surface area contributed by atoms with E-state index in [1.807, 2.05) is 52.0 Å². The Labute approximate surface area is 149 Å². The number of benzene rings is 2. The minimum Gasteiger partial charge on any atom is -0.242 e. The first-order valence-electron chi connectivity index (χ1n) is 7.94. The largest absolute Gasteiger partial charge is 0.416 e. The van der Waals surface area contributed by atoms with Crippen molar-refractivity contribution in [3.63, 3.8) is 0 Å². The maximum atomic E-state index is 12.7. The summed E-state index contributed by atoms with van der Waals surface area (Å²) in [6.45, 7) is 7.58. The van der Waals surface area contributed by atoms with Crippen molar-refractivity contribution in [2.24, 2.45) is 0 Å². The fourth-order valence-electron chi connectivity index (χ4n) is 2.24. The highest BCUT2D eigenvalue weighted by molar-refractivity contribution is 7.84. The van der Waals surface area contributed by atoms with E-state index in [9.17, 15) is 17.4 Å². The number of hydrogen-bond acceptors (Lipinski definition) is 1. The van der Waals surface area contributed by atoms with Crippen molar-refractivity contribution >= 4 is 11.0 Å². The van der Waals surface area contributed by atoms with Crippen LogP contribution in [0.4, 0.5) is 13.2 Å². The van der Waals surface area contributed by atoms with Crippen molar-refractivity contribution in [1.29, 1.82) is 0 Å². The monoisotopic (exact) mass is 369 g/mol. The van der Waals surface area contributed by atoms with Crippen LogP contribution in [0.2, 0.25) is 0 Å². The standard InChI is InChI=1S/C19H22F3NOS/c1-13(23-25(24)18(2,3)4)15-6-5-7-16(12-15)14-8-10-17(11-9-14)19(20,21)22/h5-13,23H,1-4H3/t13-,25?/m1/s1. The predicted molar refractivity (Wildman–Crippen MR) is 96.3 cm³/mol. The lowest BCUT2D eigenvalue weighted by Crippen LogP contribution is -2.34. The lowest BCUT2D eigenvalue weighted by Gasteiger charge is -2.22. The van der Waals surface area contributed by atoms with E-state index in [4.69, 9.17) is 0 Å². The van der Waals surface area contributed by atoms with Crippen LogP contribution >= 0.6 is 0 Å². The Bertz CT molecular complexity index is 748. The molecule has 0 radical (unpaired) electrons. The summed E-state index contributed by atoms with van der Waals surface area (Å²) in [5, 5.41) is 0. The van der Waals surface area contributed by atoms with Crippen molar-refractivity contribution in [2.75, 3.05) is 0 Å². The fraction of sp³-hybridized carbons (Fsp3) is 0.368. The van der Waals surface area contributed by atoms with E-state index in [-0.39, 0.29) is 10.8 Å². The molecule has 0 aromatic heterocycles. The molecule has 136 valence electrons. The van der Waals surface area contributed by atoms with Crippen LogP contribution in [-0.2, 0) is 17.2 Å². The van der Waals surface area contributed by atoms with Gasteiger partial charge in [0.2, 0.25) is 0 Å². The summed E-state index contributed by atoms with van der Waals surface area (Å²) in [6.07, 6.45) is -4.34. The molecule has 2 aromatic carbocycles. The zero-order valence-corrected chi connectivity index (χ0v) is 15.5. The summed E-state index contributed by atoms with van der Waals surface area (Å²) in [4.78, 5) is 0. The molecule has 0 aliphatic rings. The van der Waals surface area contributed by atoms with Gasteiger partial charge in [0.15, 0.2) is 0 Å². The highest BCUT2D eigenvalue weighted by atomic mass is 32.2. The van der Waals surface area contributed by atoms with Crippen LogP contribution in [-0.4, -0.2) is 8.96 Å². The van der Waals surface area contributed by atoms with Crippen LogP contribution < -0.4 is 4.72 Å². The molecule has 6 heteroatoms. The summed E-state index contributed by atoms with van der Waals surface area (Å²) >= 11 is 0. The van der Waals surface area contributed by atoms with Gasteiger partial charge in [0.05, 0.1) is 21.3 Å². The molecule has 0 aliphatic heterocycles. The van der Waals surface area contributed by atoms with E-state index in [2.05, 4.69) is 4.72 Å². The molecule has 0 bridgehead atoms. The number of alkyl halides is 3. The second kappa shape index (κ2) is 7.30. The molecular weight excluding hydrogens is 347 g/mol. The average molecular weight is 369 g/mol. The zero-order chi connectivity index (χ0) is 18.8. The molecular formula is C19H22F3NOS. The topological polar surface area (TPSA) is 29.1 Å². The maximum absolute atomic E-state index is 12.7. The summed E-state index contributed by atoms with van der Waals surface area (Å²) in [5.74, 6) is 0. The Balaban J connectivity index is 2.22. The Morgan fingerprint density at radius 1 is 0.960 bits per heavy atom. The zero-order valence-electron chi connectivity index (χ0n) is 14.6. The Kier molecular flexibility index (Phi) is 5.74. The predicted octanol–water partition coefficient (Wildman–Crippen LogP) is 5.49. The van der Waals surface area contributed by atoms with Gasteiger partial charge in [-0.2, -0.15) is 13.2 Å². The second-order valence-electron chi connectivity index (χ2n) is 6.92. The molecule has 2 rings (SSSR count). The minimum atomic E-state index is -4.34. The molecule has 0 fully saturated rings. The molecule has 2 atom stereocenters. The molecule has 1 unspecified atom stereocenters. The van der Waals surface area contributed by atoms with Gasteiger partial charge < -0.3 is 0 Å². The van der Waals surface area contributed by atoms with E-state index in [1.54, 1.807) is 0 Å². The highest BCUT2D eigenvalue weighted by Gasteiger charge is 2.30. The van der Waals surface area contributed by atoms with E-state index in [1.165, 1.54) is 12.1 Å². The van der Waals surface area contributed by atoms with Gasteiger partial charge in [-0.3, -0.25) is 0 Å². The molecule has 2 nitrogen and oxygen atoms in total. The van der Waals surface area contributed by atoms with Crippen LogP contribution in [0.15, 0.2) is 48.5 Å². The van der Waals surface area contributed by atoms with E-state index in [0.29, 0.717) is 5.56 Å². The van der Waals surface area contributed by atoms with Gasteiger partial charge >= 0.3 is 6.18 Å². The van der Waals surface area contributed by atoms with Crippen LogP contribution in [0.3, 0.4) is 0 Å². The first kappa shape index (κ1) is 19.7. The van der Waals surface area contributed by atoms with Gasteiger partial charge in [-0.05, 0) is 62.6 Å². The quantitative estimate of drug-likeness (QED) is 0.759. The Morgan fingerprint density at radius 2 is 1.56 bits per heavy atom. The highest BCUT2D eigenvalue weighted by Crippen LogP contribution is 2.31. The third-order valence-electron chi connectivity index (χ3n) is 3.77. The number of hydrogen-bond donors (Lipinski definition) is 1. The Hall–Kier alpha value is -1.66. The summed E-state index contributed by atoms with van der Waals surface area (Å²) in [5.41, 5.74) is 1.79. The second-order valence-corrected chi connectivity index (χ2v) is 8.92. The first-order chi connectivity index (χ1) is 11.5. The normalized spacial score (nSPS) is 15.0. The van der Waals surface area contributed by atoms with Gasteiger partial charge in [0, 0.05) is 6.04 Å². The smallest absolute Gasteiger partial charge is 0.242 e. The molecule has 0 heterocycles. The van der Waals surface area contributed by atoms with Crippen molar-refractivity contribution in [2.45, 2.75) is 44.7 Å². The number of rotatable bonds is 4. The fourth-order valence-corrected chi connectivity index (χ4v) is 3.06. The van der Waals surface area contributed by atoms with Crippen LogP contribution in [0.1, 0.15) is 44.9 Å². The average Bonchev–Trinajstić information content (AvgIpc) is 2.53. The van der Waals surface area contributed by atoms with E-state index in [0.717, 1.165) is 23.3 Å². The summed E-state index contributed by atoms with van der Waals surface area (Å²) in [7, 11) is -1.21. The molecule has 0 aliphatic carbocycles. The molecule has 0 saturated carbocycles. The lowest BCUT2D eigenvalue weighted by atomic mass is 9.99. The van der Waals surface area contributed by atoms with E-state index < -0.39 is 22.7 Å². The SMILES string of the molecule is C[C@@H](NS(=O)C(C)(C)C)c1cccc(-c2ccc(C(F)(F)F)cc2)c1. The molecule has 0 saturated heterocycles. The van der Waals surface area contributed by atoms with Gasteiger partial charge in [-0.25, -0.2) is 8.93 Å². The minimum absolute atomic E-state index is 0.144. The maximum Gasteiger partial charge on any atom is 0.416 e. The number of nitrogens with one attached hydrogen (secondary N) is 1. The van der Waals surface area contributed by atoms with Gasteiger partial charge in [-0.15, -0.1) is 0 Å². The molecule has 25 heavy (non-hydrogen) atoms. The third-order valence-corrected chi connectivity index (χ3v) is 5.45. The van der Waals surface area contributed by atoms with Gasteiger partial charge in [0.25, 0.3) is 0 Å². The summed E-state index contributed by atoms with van der Waals surface area (Å²) < 4.78 is 52.9. The molecule has 0 amide bonds. The molecule has 0 spiro atoms. The van der Waals surface area contributed by atoms with Gasteiger partial charge in [0.1, 0.15) is 0 Å². The molecule has 2 aromatic rings. The van der Waals surface area contributed by atoms with Crippen LogP contribution in [0.25, 0.3) is 11.1 Å². The van der Waals surface area contributed by atoms with Crippen molar-refractivity contribution in [3.8, 4) is 11.1 Å². The molecule has 1 N–H and O–H groups in total. The first-order valence-corrected chi connectivity index (χ1v) is 9.09. The van der Waals surface area contributed by atoms with Crippen molar-refractivity contribution in [1.82, 2.24) is 4.72 Å². The van der Waals surface area contributed by atoms with Crippen LogP contribution in [0, 0.1) is 0 Å². The van der Waals surface area contributed by atoms with Crippen molar-refractivity contribution < 1.29 is 17.4 Å².